The molecule has 3 heteroatoms. The molecule has 0 fully saturated rings. The van der Waals surface area contributed by atoms with Gasteiger partial charge >= 0.3 is 5.97 Å². The molecule has 2 aromatic rings. The third-order valence-corrected chi connectivity index (χ3v) is 4.18. The molecule has 0 bridgehead atoms. The van der Waals surface area contributed by atoms with Crippen LogP contribution in [0.3, 0.4) is 0 Å². The molecule has 0 saturated heterocycles. The van der Waals surface area contributed by atoms with Gasteiger partial charge in [0.2, 0.25) is 0 Å². The quantitative estimate of drug-likeness (QED) is 0.605. The predicted octanol–water partition coefficient (Wildman–Crippen LogP) is 4.35. The SMILES string of the molecule is Cc1ccc(C2=CC(=Cc3cccs3)C(=O)O2)cc1C. The van der Waals surface area contributed by atoms with Crippen molar-refractivity contribution in [3.05, 3.63) is 68.9 Å². The molecule has 2 heterocycles. The molecule has 0 aliphatic carbocycles. The van der Waals surface area contributed by atoms with Crippen LogP contribution >= 0.6 is 11.3 Å². The fraction of sp³-hybridized carbons (Fsp3) is 0.118. The first kappa shape index (κ1) is 12.9. The summed E-state index contributed by atoms with van der Waals surface area (Å²) in [6, 6.07) is 10.0. The van der Waals surface area contributed by atoms with Crippen molar-refractivity contribution in [2.75, 3.05) is 0 Å². The van der Waals surface area contributed by atoms with Crippen molar-refractivity contribution in [2.45, 2.75) is 13.8 Å². The monoisotopic (exact) mass is 282 g/mol. The molecule has 1 aromatic heterocycles. The summed E-state index contributed by atoms with van der Waals surface area (Å²) in [6.45, 7) is 4.12. The maximum absolute atomic E-state index is 11.9. The first-order chi connectivity index (χ1) is 9.63. The summed E-state index contributed by atoms with van der Waals surface area (Å²) in [4.78, 5) is 12.9. The van der Waals surface area contributed by atoms with Crippen molar-refractivity contribution in [3.8, 4) is 0 Å². The number of hydrogen-bond donors (Lipinski definition) is 0. The fourth-order valence-corrected chi connectivity index (χ4v) is 2.72. The van der Waals surface area contributed by atoms with Crippen LogP contribution in [0.25, 0.3) is 11.8 Å². The largest absolute Gasteiger partial charge is 0.422 e. The van der Waals surface area contributed by atoms with Crippen LogP contribution in [0.4, 0.5) is 0 Å². The fourth-order valence-electron chi connectivity index (χ4n) is 2.05. The second-order valence-electron chi connectivity index (χ2n) is 4.81. The molecule has 1 aliphatic rings. The van der Waals surface area contributed by atoms with E-state index < -0.39 is 0 Å². The summed E-state index contributed by atoms with van der Waals surface area (Å²) >= 11 is 1.60. The summed E-state index contributed by atoms with van der Waals surface area (Å²) in [5.41, 5.74) is 3.96. The molecule has 1 aromatic carbocycles. The Kier molecular flexibility index (Phi) is 3.28. The highest BCUT2D eigenvalue weighted by molar-refractivity contribution is 7.10. The number of rotatable bonds is 2. The summed E-state index contributed by atoms with van der Waals surface area (Å²) in [5.74, 6) is 0.340. The van der Waals surface area contributed by atoms with E-state index in [4.69, 9.17) is 4.74 Å². The van der Waals surface area contributed by atoms with Crippen molar-refractivity contribution in [3.63, 3.8) is 0 Å². The lowest BCUT2D eigenvalue weighted by atomic mass is 10.0. The predicted molar refractivity (Wildman–Crippen MR) is 82.3 cm³/mol. The molecule has 0 saturated carbocycles. The molecule has 0 radical (unpaired) electrons. The minimum absolute atomic E-state index is 0.286. The lowest BCUT2D eigenvalue weighted by molar-refractivity contribution is -0.130. The van der Waals surface area contributed by atoms with E-state index in [1.54, 1.807) is 11.3 Å². The highest BCUT2D eigenvalue weighted by atomic mass is 32.1. The van der Waals surface area contributed by atoms with E-state index >= 15 is 0 Å². The van der Waals surface area contributed by atoms with E-state index in [1.807, 2.05) is 47.9 Å². The number of carbonyl (C=O) groups excluding carboxylic acids is 1. The van der Waals surface area contributed by atoms with Gasteiger partial charge in [0.05, 0.1) is 5.57 Å². The smallest absolute Gasteiger partial charge is 0.343 e. The molecular weight excluding hydrogens is 268 g/mol. The van der Waals surface area contributed by atoms with Crippen LogP contribution in [0.1, 0.15) is 21.6 Å². The maximum Gasteiger partial charge on any atom is 0.343 e. The molecular formula is C17H14O2S. The molecule has 3 rings (SSSR count). The number of esters is 1. The van der Waals surface area contributed by atoms with Crippen LogP contribution in [-0.4, -0.2) is 5.97 Å². The second kappa shape index (κ2) is 5.10. The van der Waals surface area contributed by atoms with Crippen LogP contribution in [0.2, 0.25) is 0 Å². The summed E-state index contributed by atoms with van der Waals surface area (Å²) < 4.78 is 5.36. The lowest BCUT2D eigenvalue weighted by Crippen LogP contribution is -1.97. The minimum atomic E-state index is -0.286. The number of aryl methyl sites for hydroxylation is 2. The molecule has 20 heavy (non-hydrogen) atoms. The van der Waals surface area contributed by atoms with E-state index in [0.717, 1.165) is 10.4 Å². The van der Waals surface area contributed by atoms with E-state index in [-0.39, 0.29) is 5.97 Å². The highest BCUT2D eigenvalue weighted by Gasteiger charge is 2.22. The van der Waals surface area contributed by atoms with Gasteiger partial charge in [-0.15, -0.1) is 11.3 Å². The lowest BCUT2D eigenvalue weighted by Gasteiger charge is -2.05. The molecule has 0 spiro atoms. The molecule has 0 amide bonds. The van der Waals surface area contributed by atoms with Gasteiger partial charge in [-0.25, -0.2) is 4.79 Å². The van der Waals surface area contributed by atoms with Crippen LogP contribution in [-0.2, 0) is 9.53 Å². The Morgan fingerprint density at radius 1 is 1.15 bits per heavy atom. The number of benzene rings is 1. The standard InChI is InChI=1S/C17H14O2S/c1-11-5-6-13(8-12(11)2)16-10-14(17(18)19-16)9-15-4-3-7-20-15/h3-10H,1-2H3. The third-order valence-electron chi connectivity index (χ3n) is 3.36. The van der Waals surface area contributed by atoms with Gasteiger partial charge in [-0.05, 0) is 54.6 Å². The van der Waals surface area contributed by atoms with Crippen molar-refractivity contribution in [2.24, 2.45) is 0 Å². The molecule has 1 aliphatic heterocycles. The van der Waals surface area contributed by atoms with E-state index in [0.29, 0.717) is 11.3 Å². The Labute approximate surface area is 122 Å². The number of hydrogen-bond acceptors (Lipinski definition) is 3. The average Bonchev–Trinajstić information content (AvgIpc) is 3.04. The number of thiophene rings is 1. The summed E-state index contributed by atoms with van der Waals surface area (Å²) in [7, 11) is 0. The normalized spacial score (nSPS) is 16.4. The Morgan fingerprint density at radius 2 is 2.00 bits per heavy atom. The van der Waals surface area contributed by atoms with Gasteiger partial charge in [-0.1, -0.05) is 18.2 Å². The Bertz CT molecular complexity index is 721. The van der Waals surface area contributed by atoms with Gasteiger partial charge in [-0.3, -0.25) is 0 Å². The highest BCUT2D eigenvalue weighted by Crippen LogP contribution is 2.29. The Hall–Kier alpha value is -2.13. The third kappa shape index (κ3) is 2.45. The van der Waals surface area contributed by atoms with Gasteiger partial charge in [0.25, 0.3) is 0 Å². The maximum atomic E-state index is 11.9. The van der Waals surface area contributed by atoms with E-state index in [9.17, 15) is 4.79 Å². The molecule has 100 valence electrons. The Morgan fingerprint density at radius 3 is 2.70 bits per heavy atom. The van der Waals surface area contributed by atoms with Crippen molar-refractivity contribution < 1.29 is 9.53 Å². The summed E-state index contributed by atoms with van der Waals surface area (Å²) in [5, 5.41) is 1.99. The first-order valence-electron chi connectivity index (χ1n) is 6.40. The topological polar surface area (TPSA) is 26.3 Å². The van der Waals surface area contributed by atoms with Crippen LogP contribution in [0.15, 0.2) is 47.4 Å². The van der Waals surface area contributed by atoms with Crippen molar-refractivity contribution in [1.29, 1.82) is 0 Å². The van der Waals surface area contributed by atoms with Gasteiger partial charge in [0, 0.05) is 10.4 Å². The van der Waals surface area contributed by atoms with Crippen LogP contribution < -0.4 is 0 Å². The van der Waals surface area contributed by atoms with Gasteiger partial charge in [0.15, 0.2) is 0 Å². The average molecular weight is 282 g/mol. The Balaban J connectivity index is 1.96. The van der Waals surface area contributed by atoms with Crippen molar-refractivity contribution in [1.82, 2.24) is 0 Å². The van der Waals surface area contributed by atoms with Crippen LogP contribution in [0, 0.1) is 13.8 Å². The number of carbonyl (C=O) groups is 1. The first-order valence-corrected chi connectivity index (χ1v) is 7.28. The molecule has 0 unspecified atom stereocenters. The van der Waals surface area contributed by atoms with Gasteiger partial charge < -0.3 is 4.74 Å². The zero-order chi connectivity index (χ0) is 14.1. The minimum Gasteiger partial charge on any atom is -0.422 e. The van der Waals surface area contributed by atoms with E-state index in [2.05, 4.69) is 13.8 Å². The zero-order valence-electron chi connectivity index (χ0n) is 11.3. The van der Waals surface area contributed by atoms with Crippen molar-refractivity contribution >= 4 is 29.1 Å². The summed E-state index contributed by atoms with van der Waals surface area (Å²) in [6.07, 6.45) is 3.67. The van der Waals surface area contributed by atoms with Gasteiger partial charge in [0.1, 0.15) is 5.76 Å². The molecule has 2 nitrogen and oxygen atoms in total. The molecule has 0 N–H and O–H groups in total. The van der Waals surface area contributed by atoms with E-state index in [1.165, 1.54) is 11.1 Å². The van der Waals surface area contributed by atoms with Gasteiger partial charge in [-0.2, -0.15) is 0 Å². The zero-order valence-corrected chi connectivity index (χ0v) is 12.2. The molecule has 0 atom stereocenters. The van der Waals surface area contributed by atoms with Crippen LogP contribution in [0.5, 0.6) is 0 Å². The number of cyclic esters (lactones) is 1. The second-order valence-corrected chi connectivity index (χ2v) is 5.79. The number of ether oxygens (including phenoxy) is 1.